The summed E-state index contributed by atoms with van der Waals surface area (Å²) in [6, 6.07) is 6.11. The molecule has 3 N–H and O–H groups in total. The van der Waals surface area contributed by atoms with Gasteiger partial charge in [0.05, 0.1) is 11.7 Å². The van der Waals surface area contributed by atoms with E-state index in [9.17, 15) is 4.79 Å². The summed E-state index contributed by atoms with van der Waals surface area (Å²) in [4.78, 5) is 17.0. The Morgan fingerprint density at radius 2 is 1.96 bits per heavy atom. The molecule has 0 bridgehead atoms. The number of nitrogens with one attached hydrogen (secondary N) is 1. The van der Waals surface area contributed by atoms with Gasteiger partial charge in [0.15, 0.2) is 5.13 Å². The molecule has 5 nitrogen and oxygen atoms in total. The Morgan fingerprint density at radius 1 is 1.22 bits per heavy atom. The SMILES string of the molecule is Cl.NC(C(=O)Nc1nc(-c2ccc3c(c2)CCCC3)cs1)C1CCOCC1. The van der Waals surface area contributed by atoms with Gasteiger partial charge < -0.3 is 15.8 Å². The maximum absolute atomic E-state index is 12.4. The van der Waals surface area contributed by atoms with Gasteiger partial charge in [-0.15, -0.1) is 23.7 Å². The van der Waals surface area contributed by atoms with Crippen molar-refractivity contribution in [3.63, 3.8) is 0 Å². The lowest BCUT2D eigenvalue weighted by molar-refractivity contribution is -0.119. The fraction of sp³-hybridized carbons (Fsp3) is 0.500. The maximum atomic E-state index is 12.4. The highest BCUT2D eigenvalue weighted by atomic mass is 35.5. The topological polar surface area (TPSA) is 77.2 Å². The minimum absolute atomic E-state index is 0. The van der Waals surface area contributed by atoms with Crippen molar-refractivity contribution >= 4 is 34.8 Å². The molecule has 1 unspecified atom stereocenters. The molecule has 1 fully saturated rings. The van der Waals surface area contributed by atoms with Crippen LogP contribution in [0.15, 0.2) is 23.6 Å². The Kier molecular flexibility index (Phi) is 6.87. The average molecular weight is 408 g/mol. The van der Waals surface area contributed by atoms with Gasteiger partial charge in [0.2, 0.25) is 5.91 Å². The highest BCUT2D eigenvalue weighted by Gasteiger charge is 2.27. The molecular formula is C20H26ClN3O2S. The van der Waals surface area contributed by atoms with Gasteiger partial charge in [-0.1, -0.05) is 12.1 Å². The molecular weight excluding hydrogens is 382 g/mol. The van der Waals surface area contributed by atoms with E-state index in [0.717, 1.165) is 30.5 Å². The number of carbonyl (C=O) groups excluding carboxylic acids is 1. The van der Waals surface area contributed by atoms with Crippen LogP contribution in [0.2, 0.25) is 0 Å². The third-order valence-electron chi connectivity index (χ3n) is 5.46. The van der Waals surface area contributed by atoms with Crippen LogP contribution >= 0.6 is 23.7 Å². The normalized spacial score (nSPS) is 18.3. The molecule has 1 aliphatic heterocycles. The van der Waals surface area contributed by atoms with Gasteiger partial charge in [-0.05, 0) is 61.6 Å². The van der Waals surface area contributed by atoms with Gasteiger partial charge in [0.1, 0.15) is 0 Å². The van der Waals surface area contributed by atoms with Crippen LogP contribution in [0.1, 0.15) is 36.8 Å². The number of amides is 1. The van der Waals surface area contributed by atoms with Crippen molar-refractivity contribution in [2.75, 3.05) is 18.5 Å². The number of thiazole rings is 1. The number of aromatic nitrogens is 1. The number of anilines is 1. The fourth-order valence-electron chi connectivity index (χ4n) is 3.83. The molecule has 1 aromatic carbocycles. The number of rotatable bonds is 4. The Morgan fingerprint density at radius 3 is 2.74 bits per heavy atom. The zero-order valence-corrected chi connectivity index (χ0v) is 16.9. The summed E-state index contributed by atoms with van der Waals surface area (Å²) in [6.45, 7) is 1.37. The maximum Gasteiger partial charge on any atom is 0.243 e. The quantitative estimate of drug-likeness (QED) is 0.807. The molecule has 1 amide bonds. The Bertz CT molecular complexity index is 789. The highest BCUT2D eigenvalue weighted by Crippen LogP contribution is 2.30. The number of fused-ring (bicyclic) bond motifs is 1. The summed E-state index contributed by atoms with van der Waals surface area (Å²) >= 11 is 1.45. The summed E-state index contributed by atoms with van der Waals surface area (Å²) < 4.78 is 5.34. The van der Waals surface area contributed by atoms with Crippen LogP contribution in [0.5, 0.6) is 0 Å². The van der Waals surface area contributed by atoms with Crippen LogP contribution in [0.3, 0.4) is 0 Å². The lowest BCUT2D eigenvalue weighted by Crippen LogP contribution is -2.43. The average Bonchev–Trinajstić information content (AvgIpc) is 3.16. The predicted molar refractivity (Wildman–Crippen MR) is 112 cm³/mol. The number of hydrogen-bond acceptors (Lipinski definition) is 5. The van der Waals surface area contributed by atoms with Crippen molar-refractivity contribution in [3.05, 3.63) is 34.7 Å². The van der Waals surface area contributed by atoms with Crippen LogP contribution in [-0.4, -0.2) is 30.1 Å². The van der Waals surface area contributed by atoms with Gasteiger partial charge in [0, 0.05) is 24.2 Å². The van der Waals surface area contributed by atoms with Gasteiger partial charge in [-0.25, -0.2) is 4.98 Å². The summed E-state index contributed by atoms with van der Waals surface area (Å²) in [5.74, 6) is 0.0343. The van der Waals surface area contributed by atoms with E-state index in [1.165, 1.54) is 41.7 Å². The van der Waals surface area contributed by atoms with Gasteiger partial charge in [0.25, 0.3) is 0 Å². The van der Waals surface area contributed by atoms with E-state index in [2.05, 4.69) is 28.5 Å². The van der Waals surface area contributed by atoms with E-state index >= 15 is 0 Å². The Hall–Kier alpha value is -1.47. The number of hydrogen-bond donors (Lipinski definition) is 2. The molecule has 2 aromatic rings. The number of ether oxygens (including phenoxy) is 1. The first-order valence-corrected chi connectivity index (χ1v) is 10.3. The Balaban J connectivity index is 0.00000210. The summed E-state index contributed by atoms with van der Waals surface area (Å²) in [7, 11) is 0. The Labute approximate surface area is 170 Å². The van der Waals surface area contributed by atoms with Crippen molar-refractivity contribution in [3.8, 4) is 11.3 Å². The van der Waals surface area contributed by atoms with E-state index in [-0.39, 0.29) is 24.2 Å². The lowest BCUT2D eigenvalue weighted by atomic mass is 9.90. The van der Waals surface area contributed by atoms with E-state index in [4.69, 9.17) is 10.5 Å². The van der Waals surface area contributed by atoms with Gasteiger partial charge >= 0.3 is 0 Å². The lowest BCUT2D eigenvalue weighted by Gasteiger charge is -2.26. The van der Waals surface area contributed by atoms with E-state index in [1.54, 1.807) is 0 Å². The minimum atomic E-state index is -0.505. The third-order valence-corrected chi connectivity index (χ3v) is 6.21. The number of nitrogens with two attached hydrogens (primary N) is 1. The number of halogens is 1. The third kappa shape index (κ3) is 4.69. The molecule has 0 saturated carbocycles. The number of benzene rings is 1. The first kappa shape index (κ1) is 20.3. The molecule has 146 valence electrons. The summed E-state index contributed by atoms with van der Waals surface area (Å²) in [5.41, 5.74) is 11.1. The molecule has 1 atom stereocenters. The second-order valence-electron chi connectivity index (χ2n) is 7.19. The van der Waals surface area contributed by atoms with Crippen molar-refractivity contribution < 1.29 is 9.53 Å². The fourth-order valence-corrected chi connectivity index (χ4v) is 4.56. The molecule has 0 radical (unpaired) electrons. The molecule has 0 spiro atoms. The van der Waals surface area contributed by atoms with Crippen LogP contribution in [0.25, 0.3) is 11.3 Å². The molecule has 4 rings (SSSR count). The van der Waals surface area contributed by atoms with Crippen LogP contribution < -0.4 is 11.1 Å². The standard InChI is InChI=1S/C20H25N3O2S.ClH/c21-18(14-7-9-25-10-8-14)19(24)23-20-22-17(12-26-20)16-6-5-13-3-1-2-4-15(13)11-16;/h5-6,11-12,14,18H,1-4,7-10,21H2,(H,22,23,24);1H. The van der Waals surface area contributed by atoms with Crippen LogP contribution in [0, 0.1) is 5.92 Å². The number of aryl methyl sites for hydroxylation is 2. The summed E-state index contributed by atoms with van der Waals surface area (Å²) in [5, 5.41) is 5.51. The first-order chi connectivity index (χ1) is 12.7. The molecule has 1 aromatic heterocycles. The molecule has 27 heavy (non-hydrogen) atoms. The van der Waals surface area contributed by atoms with Crippen molar-refractivity contribution in [2.45, 2.75) is 44.6 Å². The van der Waals surface area contributed by atoms with Gasteiger partial charge in [-0.2, -0.15) is 0 Å². The van der Waals surface area contributed by atoms with E-state index in [1.807, 2.05) is 5.38 Å². The minimum Gasteiger partial charge on any atom is -0.381 e. The van der Waals surface area contributed by atoms with Crippen LogP contribution in [-0.2, 0) is 22.4 Å². The van der Waals surface area contributed by atoms with E-state index in [0.29, 0.717) is 18.3 Å². The zero-order chi connectivity index (χ0) is 17.9. The van der Waals surface area contributed by atoms with Crippen LogP contribution in [0.4, 0.5) is 5.13 Å². The highest BCUT2D eigenvalue weighted by molar-refractivity contribution is 7.14. The van der Waals surface area contributed by atoms with E-state index < -0.39 is 6.04 Å². The van der Waals surface area contributed by atoms with Gasteiger partial charge in [-0.3, -0.25) is 4.79 Å². The van der Waals surface area contributed by atoms with Crippen molar-refractivity contribution in [1.82, 2.24) is 4.98 Å². The van der Waals surface area contributed by atoms with Crippen molar-refractivity contribution in [1.29, 1.82) is 0 Å². The second-order valence-corrected chi connectivity index (χ2v) is 8.05. The molecule has 1 aliphatic carbocycles. The number of nitrogens with zero attached hydrogens (tertiary/aromatic N) is 1. The second kappa shape index (κ2) is 9.15. The molecule has 1 saturated heterocycles. The molecule has 2 aliphatic rings. The van der Waals surface area contributed by atoms with Crippen molar-refractivity contribution in [2.24, 2.45) is 11.7 Å². The molecule has 7 heteroatoms. The zero-order valence-electron chi connectivity index (χ0n) is 15.3. The molecule has 2 heterocycles. The summed E-state index contributed by atoms with van der Waals surface area (Å²) in [6.07, 6.45) is 6.56. The smallest absolute Gasteiger partial charge is 0.243 e. The monoisotopic (exact) mass is 407 g/mol. The predicted octanol–water partition coefficient (Wildman–Crippen LogP) is 3.80. The first-order valence-electron chi connectivity index (χ1n) is 9.42. The number of carbonyl (C=O) groups is 1. The largest absolute Gasteiger partial charge is 0.381 e.